The second kappa shape index (κ2) is 4.30. The first-order chi connectivity index (χ1) is 8.35. The van der Waals surface area contributed by atoms with Crippen molar-refractivity contribution >= 4 is 22.8 Å². The largest absolute Gasteiger partial charge is 0.309 e. The summed E-state index contributed by atoms with van der Waals surface area (Å²) >= 11 is 5.86. The monoisotopic (exact) mass is 249 g/mol. The maximum absolute atomic E-state index is 5.86. The molecular weight excluding hydrogens is 234 g/mol. The number of hydrogen-bond donors (Lipinski definition) is 0. The second-order valence-corrected chi connectivity index (χ2v) is 5.03. The van der Waals surface area contributed by atoms with Gasteiger partial charge in [-0.05, 0) is 24.5 Å². The smallest absolute Gasteiger partial charge is 0.160 e. The van der Waals surface area contributed by atoms with Crippen molar-refractivity contribution < 1.29 is 0 Å². The zero-order chi connectivity index (χ0) is 11.8. The van der Waals surface area contributed by atoms with Crippen LogP contribution in [0, 0.1) is 5.92 Å². The first-order valence-electron chi connectivity index (χ1n) is 6.23. The molecule has 17 heavy (non-hydrogen) atoms. The number of aromatic nitrogens is 3. The van der Waals surface area contributed by atoms with Crippen LogP contribution >= 0.6 is 11.6 Å². The third-order valence-electron chi connectivity index (χ3n) is 3.58. The number of nitrogens with zero attached hydrogens (tertiary/aromatic N) is 3. The molecule has 0 aliphatic heterocycles. The molecule has 0 saturated heterocycles. The van der Waals surface area contributed by atoms with Crippen LogP contribution in [-0.4, -0.2) is 20.4 Å². The van der Waals surface area contributed by atoms with E-state index in [1.165, 1.54) is 12.8 Å². The van der Waals surface area contributed by atoms with Gasteiger partial charge in [-0.1, -0.05) is 13.3 Å². The maximum atomic E-state index is 5.86. The third-order valence-corrected chi connectivity index (χ3v) is 3.77. The minimum atomic E-state index is 0.595. The van der Waals surface area contributed by atoms with Crippen LogP contribution in [0.2, 0.25) is 0 Å². The Morgan fingerprint density at radius 3 is 3.12 bits per heavy atom. The summed E-state index contributed by atoms with van der Waals surface area (Å²) in [4.78, 5) is 9.12. The molecule has 1 aliphatic rings. The predicted molar refractivity (Wildman–Crippen MR) is 69.4 cm³/mol. The summed E-state index contributed by atoms with van der Waals surface area (Å²) in [5.74, 6) is 2.51. The highest BCUT2D eigenvalue weighted by atomic mass is 35.5. The summed E-state index contributed by atoms with van der Waals surface area (Å²) in [6.45, 7) is 2.25. The van der Waals surface area contributed by atoms with Gasteiger partial charge in [0.25, 0.3) is 0 Å². The van der Waals surface area contributed by atoms with Crippen molar-refractivity contribution in [2.24, 2.45) is 5.92 Å². The van der Waals surface area contributed by atoms with E-state index in [0.717, 1.165) is 29.3 Å². The van der Waals surface area contributed by atoms with Crippen LogP contribution in [0.25, 0.3) is 11.2 Å². The van der Waals surface area contributed by atoms with Crippen molar-refractivity contribution in [1.82, 2.24) is 14.5 Å². The Hall–Kier alpha value is -1.09. The average Bonchev–Trinajstić information content (AvgIpc) is 3.03. The first kappa shape index (κ1) is 11.0. The molecule has 2 aromatic rings. The Morgan fingerprint density at radius 2 is 2.41 bits per heavy atom. The van der Waals surface area contributed by atoms with Crippen molar-refractivity contribution in [3.8, 4) is 0 Å². The fraction of sp³-hybridized carbons (Fsp3) is 0.538. The van der Waals surface area contributed by atoms with Crippen LogP contribution in [0.3, 0.4) is 0 Å². The molecule has 2 unspecified atom stereocenters. The van der Waals surface area contributed by atoms with Crippen molar-refractivity contribution in [2.45, 2.75) is 32.2 Å². The van der Waals surface area contributed by atoms with Gasteiger partial charge in [0.05, 0.1) is 0 Å². The molecule has 0 N–H and O–H groups in total. The summed E-state index contributed by atoms with van der Waals surface area (Å²) in [7, 11) is 0. The lowest BCUT2D eigenvalue weighted by Crippen LogP contribution is -2.04. The van der Waals surface area contributed by atoms with Crippen molar-refractivity contribution in [2.75, 3.05) is 5.88 Å². The fourth-order valence-corrected chi connectivity index (χ4v) is 2.74. The molecule has 90 valence electrons. The van der Waals surface area contributed by atoms with Gasteiger partial charge in [-0.15, -0.1) is 11.6 Å². The Labute approximate surface area is 106 Å². The van der Waals surface area contributed by atoms with E-state index >= 15 is 0 Å². The third kappa shape index (κ3) is 1.82. The van der Waals surface area contributed by atoms with E-state index < -0.39 is 0 Å². The second-order valence-electron chi connectivity index (χ2n) is 4.65. The highest BCUT2D eigenvalue weighted by Gasteiger charge is 2.39. The van der Waals surface area contributed by atoms with Gasteiger partial charge in [0.1, 0.15) is 11.3 Å². The predicted octanol–water partition coefficient (Wildman–Crippen LogP) is 3.18. The van der Waals surface area contributed by atoms with E-state index in [2.05, 4.69) is 21.5 Å². The van der Waals surface area contributed by atoms with E-state index in [1.54, 1.807) is 0 Å². The SMILES string of the molecule is CCC1CC1n1c(CCCl)nc2cccnc21. The number of alkyl halides is 1. The van der Waals surface area contributed by atoms with Crippen LogP contribution in [0.5, 0.6) is 0 Å². The highest BCUT2D eigenvalue weighted by Crippen LogP contribution is 2.47. The average molecular weight is 250 g/mol. The lowest BCUT2D eigenvalue weighted by atomic mass is 10.3. The summed E-state index contributed by atoms with van der Waals surface area (Å²) in [6.07, 6.45) is 5.16. The van der Waals surface area contributed by atoms with Crippen molar-refractivity contribution in [3.63, 3.8) is 0 Å². The van der Waals surface area contributed by atoms with E-state index in [-0.39, 0.29) is 0 Å². The first-order valence-corrected chi connectivity index (χ1v) is 6.76. The van der Waals surface area contributed by atoms with E-state index in [9.17, 15) is 0 Å². The molecule has 4 heteroatoms. The Kier molecular flexibility index (Phi) is 2.79. The molecule has 3 rings (SSSR count). The number of rotatable bonds is 4. The minimum absolute atomic E-state index is 0.595. The Morgan fingerprint density at radius 1 is 1.53 bits per heavy atom. The Bertz CT molecular complexity index is 534. The molecule has 2 heterocycles. The highest BCUT2D eigenvalue weighted by molar-refractivity contribution is 6.17. The summed E-state index contributed by atoms with van der Waals surface area (Å²) in [6, 6.07) is 4.56. The normalized spacial score (nSPS) is 23.2. The van der Waals surface area contributed by atoms with Crippen molar-refractivity contribution in [1.29, 1.82) is 0 Å². The van der Waals surface area contributed by atoms with Crippen molar-refractivity contribution in [3.05, 3.63) is 24.2 Å². The molecule has 2 aromatic heterocycles. The lowest BCUT2D eigenvalue weighted by molar-refractivity contribution is 0.625. The molecule has 0 bridgehead atoms. The van der Waals surface area contributed by atoms with Gasteiger partial charge in [0.15, 0.2) is 5.65 Å². The number of halogens is 1. The van der Waals surface area contributed by atoms with Gasteiger partial charge in [-0.3, -0.25) is 0 Å². The van der Waals surface area contributed by atoms with Crippen LogP contribution < -0.4 is 0 Å². The zero-order valence-electron chi connectivity index (χ0n) is 9.93. The van der Waals surface area contributed by atoms with E-state index in [4.69, 9.17) is 11.6 Å². The van der Waals surface area contributed by atoms with E-state index in [0.29, 0.717) is 11.9 Å². The maximum Gasteiger partial charge on any atom is 0.160 e. The standard InChI is InChI=1S/C13H16ClN3/c1-2-9-8-11(9)17-12(5-6-14)16-10-4-3-7-15-13(10)17/h3-4,7,9,11H,2,5-6,8H2,1H3. The molecular formula is C13H16ClN3. The van der Waals surface area contributed by atoms with E-state index in [1.807, 2.05) is 18.3 Å². The van der Waals surface area contributed by atoms with Crippen LogP contribution in [0.15, 0.2) is 18.3 Å². The Balaban J connectivity index is 2.09. The van der Waals surface area contributed by atoms with Gasteiger partial charge in [-0.25, -0.2) is 9.97 Å². The summed E-state index contributed by atoms with van der Waals surface area (Å²) in [5.41, 5.74) is 2.02. The molecule has 0 spiro atoms. The molecule has 2 atom stereocenters. The summed E-state index contributed by atoms with van der Waals surface area (Å²) in [5, 5.41) is 0. The molecule has 1 aliphatic carbocycles. The molecule has 0 radical (unpaired) electrons. The number of aryl methyl sites for hydroxylation is 1. The number of hydrogen-bond acceptors (Lipinski definition) is 2. The minimum Gasteiger partial charge on any atom is -0.309 e. The zero-order valence-corrected chi connectivity index (χ0v) is 10.7. The van der Waals surface area contributed by atoms with Gasteiger partial charge < -0.3 is 4.57 Å². The number of pyridine rings is 1. The van der Waals surface area contributed by atoms with Gasteiger partial charge >= 0.3 is 0 Å². The molecule has 1 fully saturated rings. The molecule has 1 saturated carbocycles. The van der Waals surface area contributed by atoms with Gasteiger partial charge in [-0.2, -0.15) is 0 Å². The topological polar surface area (TPSA) is 30.7 Å². The van der Waals surface area contributed by atoms with Gasteiger partial charge in [0, 0.05) is 24.5 Å². The molecule has 0 amide bonds. The lowest BCUT2D eigenvalue weighted by Gasteiger charge is -2.06. The van der Waals surface area contributed by atoms with Crippen LogP contribution in [0.1, 0.15) is 31.6 Å². The summed E-state index contributed by atoms with van der Waals surface area (Å²) < 4.78 is 2.31. The molecule has 3 nitrogen and oxygen atoms in total. The number of imidazole rings is 1. The quantitative estimate of drug-likeness (QED) is 0.780. The number of fused-ring (bicyclic) bond motifs is 1. The van der Waals surface area contributed by atoms with Crippen LogP contribution in [0.4, 0.5) is 0 Å². The fourth-order valence-electron chi connectivity index (χ4n) is 2.57. The molecule has 0 aromatic carbocycles. The van der Waals surface area contributed by atoms with Crippen LogP contribution in [-0.2, 0) is 6.42 Å². The van der Waals surface area contributed by atoms with Gasteiger partial charge in [0.2, 0.25) is 0 Å².